The Bertz CT molecular complexity index is 1350. The second-order valence-corrected chi connectivity index (χ2v) is 9.15. The summed E-state index contributed by atoms with van der Waals surface area (Å²) >= 11 is 12.0. The number of hydrogen-bond donors (Lipinski definition) is 3. The number of carbonyl (C=O) groups excluding carboxylic acids is 1. The fraction of sp³-hybridized carbons (Fsp3) is 0.273. The molecule has 2 aliphatic heterocycles. The Hall–Kier alpha value is -3.39. The number of rotatable bonds is 4. The van der Waals surface area contributed by atoms with E-state index in [2.05, 4.69) is 31.0 Å². The van der Waals surface area contributed by atoms with E-state index in [1.54, 1.807) is 23.3 Å². The first-order valence-electron chi connectivity index (χ1n) is 11.0. The van der Waals surface area contributed by atoms with Crippen LogP contribution in [0.1, 0.15) is 24.4 Å². The van der Waals surface area contributed by atoms with Gasteiger partial charge in [0.15, 0.2) is 5.82 Å². The van der Waals surface area contributed by atoms with Crippen molar-refractivity contribution in [3.63, 3.8) is 0 Å². The summed E-state index contributed by atoms with van der Waals surface area (Å²) in [6, 6.07) is 7.01. The standard InChI is InChI=1S/C22H19Cl2F3N8O2/c1-11-8-34-9-18(37-11)19-28-10-29-20(32-19)35(34)33-17-7-13(3-5-16(17)24)31-21(36)30-12-2-4-15(23)14(6-12)22(25,26)27/h2-7,10-11,18,33H,8-9H2,1H3,(H2,30,31,36). The van der Waals surface area contributed by atoms with Gasteiger partial charge in [-0.3, -0.25) is 5.43 Å². The molecule has 3 heterocycles. The number of nitrogens with zero attached hydrogens (tertiary/aromatic N) is 5. The van der Waals surface area contributed by atoms with Gasteiger partial charge in [-0.2, -0.15) is 33.3 Å². The number of morpholine rings is 1. The molecule has 3 unspecified atom stereocenters. The summed E-state index contributed by atoms with van der Waals surface area (Å²) in [6.45, 7) is 2.96. The highest BCUT2D eigenvalue weighted by molar-refractivity contribution is 6.33. The number of ether oxygens (including phenoxy) is 1. The van der Waals surface area contributed by atoms with Gasteiger partial charge in [-0.05, 0) is 43.3 Å². The molecular formula is C22H19Cl2F3N8O2. The summed E-state index contributed by atoms with van der Waals surface area (Å²) in [5.74, 6) is 0.848. The molecule has 5 rings (SSSR count). The zero-order valence-electron chi connectivity index (χ0n) is 19.1. The monoisotopic (exact) mass is 554 g/mol. The first kappa shape index (κ1) is 25.3. The molecule has 3 N–H and O–H groups in total. The zero-order chi connectivity index (χ0) is 26.3. The van der Waals surface area contributed by atoms with Gasteiger partial charge in [0, 0.05) is 17.9 Å². The normalized spacial score (nSPS) is 20.7. The maximum atomic E-state index is 13.1. The van der Waals surface area contributed by atoms with E-state index in [9.17, 15) is 18.0 Å². The molecule has 4 bridgehead atoms. The minimum absolute atomic E-state index is 0.0762. The Labute approximate surface area is 218 Å². The molecule has 0 spiro atoms. The lowest BCUT2D eigenvalue weighted by molar-refractivity contribution is -0.137. The Morgan fingerprint density at radius 2 is 1.76 bits per heavy atom. The number of amides is 2. The third-order valence-corrected chi connectivity index (χ3v) is 6.22. The van der Waals surface area contributed by atoms with Gasteiger partial charge < -0.3 is 15.4 Å². The van der Waals surface area contributed by atoms with Crippen LogP contribution in [0.25, 0.3) is 0 Å². The van der Waals surface area contributed by atoms with Crippen molar-refractivity contribution in [2.75, 3.05) is 34.3 Å². The zero-order valence-corrected chi connectivity index (χ0v) is 20.6. The SMILES string of the molecule is CC1CN2CC(O1)c1ncnc(n1)N2Nc1cc(NC(=O)Nc2ccc(Cl)c(C(F)(F)F)c2)ccc1Cl. The average molecular weight is 555 g/mol. The lowest BCUT2D eigenvalue weighted by atomic mass is 10.2. The topological polar surface area (TPSA) is 108 Å². The number of carbonyl (C=O) groups is 1. The molecule has 1 aromatic heterocycles. The van der Waals surface area contributed by atoms with E-state index >= 15 is 0 Å². The molecule has 0 saturated carbocycles. The molecule has 0 aliphatic carbocycles. The van der Waals surface area contributed by atoms with Crippen molar-refractivity contribution in [2.24, 2.45) is 0 Å². The molecule has 15 heteroatoms. The number of benzene rings is 2. The maximum absolute atomic E-state index is 13.1. The average Bonchev–Trinajstić information content (AvgIpc) is 2.90. The summed E-state index contributed by atoms with van der Waals surface area (Å²) < 4.78 is 45.3. The number of nitrogens with one attached hydrogen (secondary N) is 3. The predicted molar refractivity (Wildman–Crippen MR) is 131 cm³/mol. The number of alkyl halides is 3. The van der Waals surface area contributed by atoms with Crippen molar-refractivity contribution in [3.05, 3.63) is 64.2 Å². The number of halogens is 5. The summed E-state index contributed by atoms with van der Waals surface area (Å²) in [5, 5.41) is 8.43. The summed E-state index contributed by atoms with van der Waals surface area (Å²) in [5.41, 5.74) is 2.80. The Morgan fingerprint density at radius 3 is 2.49 bits per heavy atom. The lowest BCUT2D eigenvalue weighted by Gasteiger charge is -2.39. The highest BCUT2D eigenvalue weighted by Crippen LogP contribution is 2.36. The molecule has 1 fully saturated rings. The van der Waals surface area contributed by atoms with E-state index in [1.165, 1.54) is 12.4 Å². The van der Waals surface area contributed by atoms with E-state index in [0.29, 0.717) is 41.3 Å². The van der Waals surface area contributed by atoms with Gasteiger partial charge in [0.1, 0.15) is 12.4 Å². The highest BCUT2D eigenvalue weighted by Gasteiger charge is 2.36. The van der Waals surface area contributed by atoms with Gasteiger partial charge in [0.25, 0.3) is 5.95 Å². The number of hydrogen-bond acceptors (Lipinski definition) is 8. The summed E-state index contributed by atoms with van der Waals surface area (Å²) in [4.78, 5) is 25.4. The molecule has 3 atom stereocenters. The Balaban J connectivity index is 1.33. The van der Waals surface area contributed by atoms with E-state index in [-0.39, 0.29) is 17.9 Å². The fourth-order valence-electron chi connectivity index (χ4n) is 3.96. The molecule has 194 valence electrons. The van der Waals surface area contributed by atoms with Crippen molar-refractivity contribution in [3.8, 4) is 0 Å². The molecule has 2 aromatic carbocycles. The Morgan fingerprint density at radius 1 is 1.05 bits per heavy atom. The van der Waals surface area contributed by atoms with E-state index < -0.39 is 22.8 Å². The molecule has 3 aromatic rings. The number of fused-ring (bicyclic) bond motifs is 5. The van der Waals surface area contributed by atoms with Crippen molar-refractivity contribution in [1.82, 2.24) is 20.0 Å². The van der Waals surface area contributed by atoms with Crippen LogP contribution in [-0.2, 0) is 10.9 Å². The van der Waals surface area contributed by atoms with Crippen LogP contribution in [0.2, 0.25) is 10.0 Å². The van der Waals surface area contributed by atoms with Gasteiger partial charge in [0.05, 0.1) is 33.9 Å². The third-order valence-electron chi connectivity index (χ3n) is 5.56. The van der Waals surface area contributed by atoms with Gasteiger partial charge in [0.2, 0.25) is 0 Å². The highest BCUT2D eigenvalue weighted by atomic mass is 35.5. The van der Waals surface area contributed by atoms with Crippen LogP contribution >= 0.6 is 23.2 Å². The first-order valence-corrected chi connectivity index (χ1v) is 11.7. The Kier molecular flexibility index (Phi) is 6.70. The fourth-order valence-corrected chi connectivity index (χ4v) is 4.34. The van der Waals surface area contributed by atoms with Gasteiger partial charge in [-0.25, -0.2) is 9.78 Å². The van der Waals surface area contributed by atoms with Crippen LogP contribution in [0.5, 0.6) is 0 Å². The van der Waals surface area contributed by atoms with E-state index in [4.69, 9.17) is 27.9 Å². The largest absolute Gasteiger partial charge is 0.417 e. The maximum Gasteiger partial charge on any atom is 0.417 e. The quantitative estimate of drug-likeness (QED) is 0.395. The molecule has 1 saturated heterocycles. The van der Waals surface area contributed by atoms with Crippen LogP contribution in [0.4, 0.5) is 41.0 Å². The van der Waals surface area contributed by atoms with E-state index in [1.807, 2.05) is 11.9 Å². The van der Waals surface area contributed by atoms with Crippen LogP contribution in [0.3, 0.4) is 0 Å². The van der Waals surface area contributed by atoms with Crippen molar-refractivity contribution in [1.29, 1.82) is 0 Å². The minimum Gasteiger partial charge on any atom is -0.364 e. The molecule has 2 amide bonds. The predicted octanol–water partition coefficient (Wildman–Crippen LogP) is 5.37. The first-order chi connectivity index (χ1) is 17.6. The number of urea groups is 1. The minimum atomic E-state index is -4.66. The number of anilines is 4. The summed E-state index contributed by atoms with van der Waals surface area (Å²) in [7, 11) is 0. The van der Waals surface area contributed by atoms with Crippen molar-refractivity contribution >= 4 is 52.2 Å². The molecule has 10 nitrogen and oxygen atoms in total. The van der Waals surface area contributed by atoms with Crippen LogP contribution < -0.4 is 21.2 Å². The van der Waals surface area contributed by atoms with Crippen LogP contribution in [0, 0.1) is 0 Å². The van der Waals surface area contributed by atoms with E-state index in [0.717, 1.165) is 12.1 Å². The lowest BCUT2D eigenvalue weighted by Crippen LogP contribution is -2.53. The van der Waals surface area contributed by atoms with Gasteiger partial charge >= 0.3 is 12.2 Å². The summed E-state index contributed by atoms with van der Waals surface area (Å²) in [6.07, 6.45) is -3.69. The van der Waals surface area contributed by atoms with Crippen molar-refractivity contribution in [2.45, 2.75) is 25.3 Å². The smallest absolute Gasteiger partial charge is 0.364 e. The van der Waals surface area contributed by atoms with Gasteiger partial charge in [-0.15, -0.1) is 0 Å². The second-order valence-electron chi connectivity index (χ2n) is 8.34. The molecule has 37 heavy (non-hydrogen) atoms. The molecule has 2 aliphatic rings. The van der Waals surface area contributed by atoms with Crippen LogP contribution in [0.15, 0.2) is 42.7 Å². The van der Waals surface area contributed by atoms with Crippen molar-refractivity contribution < 1.29 is 22.7 Å². The third kappa shape index (κ3) is 5.49. The van der Waals surface area contributed by atoms with Gasteiger partial charge in [-0.1, -0.05) is 23.2 Å². The molecular weight excluding hydrogens is 536 g/mol. The van der Waals surface area contributed by atoms with Crippen LogP contribution in [-0.4, -0.2) is 45.2 Å². The number of hydrazine groups is 2. The second kappa shape index (κ2) is 9.82. The number of aromatic nitrogens is 3. The molecule has 0 radical (unpaired) electrons.